The van der Waals surface area contributed by atoms with Crippen molar-refractivity contribution in [3.8, 4) is 0 Å². The van der Waals surface area contributed by atoms with Crippen molar-refractivity contribution in [2.45, 2.75) is 83.6 Å². The Labute approximate surface area is 125 Å². The molecule has 0 N–H and O–H groups in total. The van der Waals surface area contributed by atoms with E-state index in [1.807, 2.05) is 0 Å². The maximum Gasteiger partial charge on any atom is 0.0818 e. The van der Waals surface area contributed by atoms with Gasteiger partial charge in [0.15, 0.2) is 0 Å². The van der Waals surface area contributed by atoms with Crippen molar-refractivity contribution in [3.05, 3.63) is 0 Å². The molecular formula is C16H28BNS. The smallest absolute Gasteiger partial charge is 0.0818 e. The highest BCUT2D eigenvalue weighted by Crippen LogP contribution is 2.46. The van der Waals surface area contributed by atoms with E-state index in [1.54, 1.807) is 0 Å². The van der Waals surface area contributed by atoms with Crippen molar-refractivity contribution in [3.63, 3.8) is 0 Å². The fourth-order valence-corrected chi connectivity index (χ4v) is 4.88. The van der Waals surface area contributed by atoms with Crippen molar-refractivity contribution in [1.82, 2.24) is 4.90 Å². The lowest BCUT2D eigenvalue weighted by molar-refractivity contribution is 0.189. The van der Waals surface area contributed by atoms with Crippen LogP contribution in [-0.2, 0) is 0 Å². The molecule has 2 aliphatic rings. The van der Waals surface area contributed by atoms with Crippen LogP contribution in [0, 0.1) is 11.8 Å². The zero-order valence-electron chi connectivity index (χ0n) is 12.8. The highest BCUT2D eigenvalue weighted by molar-refractivity contribution is 7.80. The summed E-state index contributed by atoms with van der Waals surface area (Å²) in [5.41, 5.74) is 0. The first-order valence-corrected chi connectivity index (χ1v) is 8.56. The fraction of sp³-hybridized carbons (Fsp3) is 0.938. The van der Waals surface area contributed by atoms with Gasteiger partial charge >= 0.3 is 0 Å². The third-order valence-electron chi connectivity index (χ3n) is 5.03. The first-order chi connectivity index (χ1) is 9.07. The molecule has 2 radical (unpaired) electrons. The number of hydrogen-bond donors (Lipinski definition) is 0. The largest absolute Gasteiger partial charge is 0.360 e. The summed E-state index contributed by atoms with van der Waals surface area (Å²) < 4.78 is 0. The molecule has 0 aromatic heterocycles. The Kier molecular flexibility index (Phi) is 5.33. The molecule has 0 aromatic rings. The van der Waals surface area contributed by atoms with Crippen molar-refractivity contribution >= 4 is 25.1 Å². The Balaban J connectivity index is 2.28. The highest BCUT2D eigenvalue weighted by atomic mass is 32.1. The molecule has 1 aliphatic carbocycles. The second kappa shape index (κ2) is 6.60. The molecule has 1 heterocycles. The minimum absolute atomic E-state index is 0.351. The van der Waals surface area contributed by atoms with Crippen LogP contribution < -0.4 is 0 Å². The summed E-state index contributed by atoms with van der Waals surface area (Å²) in [6.07, 6.45) is 8.90. The van der Waals surface area contributed by atoms with Gasteiger partial charge in [0, 0.05) is 18.0 Å². The summed E-state index contributed by atoms with van der Waals surface area (Å²) in [6.45, 7) is 6.83. The van der Waals surface area contributed by atoms with Gasteiger partial charge in [0.05, 0.1) is 12.8 Å². The maximum absolute atomic E-state index is 6.55. The van der Waals surface area contributed by atoms with Gasteiger partial charge < -0.3 is 4.90 Å². The number of rotatable bonds is 3. The van der Waals surface area contributed by atoms with Gasteiger partial charge in [0.1, 0.15) is 0 Å². The summed E-state index contributed by atoms with van der Waals surface area (Å²) in [7, 11) is 6.55. The molecular weight excluding hydrogens is 249 g/mol. The molecule has 0 bridgehead atoms. The van der Waals surface area contributed by atoms with E-state index in [1.165, 1.54) is 49.9 Å². The van der Waals surface area contributed by atoms with Crippen LogP contribution in [0.25, 0.3) is 0 Å². The van der Waals surface area contributed by atoms with Gasteiger partial charge in [-0.3, -0.25) is 0 Å². The topological polar surface area (TPSA) is 3.24 Å². The van der Waals surface area contributed by atoms with E-state index in [2.05, 4.69) is 25.7 Å². The fourth-order valence-electron chi connectivity index (χ4n) is 4.26. The average molecular weight is 277 g/mol. The normalized spacial score (nSPS) is 36.2. The van der Waals surface area contributed by atoms with Crippen molar-refractivity contribution in [2.75, 3.05) is 0 Å². The van der Waals surface area contributed by atoms with Crippen molar-refractivity contribution in [1.29, 1.82) is 0 Å². The molecule has 0 spiro atoms. The average Bonchev–Trinajstić information content (AvgIpc) is 2.60. The molecule has 3 heteroatoms. The summed E-state index contributed by atoms with van der Waals surface area (Å²) in [5, 5.41) is 0. The van der Waals surface area contributed by atoms with E-state index in [9.17, 15) is 0 Å². The second-order valence-electron chi connectivity index (χ2n) is 6.68. The molecule has 2 rings (SSSR count). The lowest BCUT2D eigenvalue weighted by atomic mass is 9.64. The van der Waals surface area contributed by atoms with Gasteiger partial charge in [0.2, 0.25) is 0 Å². The Morgan fingerprint density at radius 1 is 1.26 bits per heavy atom. The molecule has 1 aliphatic heterocycles. The van der Waals surface area contributed by atoms with Crippen LogP contribution in [0.5, 0.6) is 0 Å². The molecule has 4 unspecified atom stereocenters. The number of fused-ring (bicyclic) bond motifs is 1. The van der Waals surface area contributed by atoms with E-state index < -0.39 is 0 Å². The van der Waals surface area contributed by atoms with Crippen LogP contribution >= 0.6 is 12.2 Å². The molecule has 2 fully saturated rings. The molecule has 1 saturated carbocycles. The molecule has 1 saturated heterocycles. The summed E-state index contributed by atoms with van der Waals surface area (Å²) in [5.74, 6) is 1.51. The number of thiocarbonyl (C=S) groups is 1. The minimum Gasteiger partial charge on any atom is -0.360 e. The molecule has 19 heavy (non-hydrogen) atoms. The van der Waals surface area contributed by atoms with Gasteiger partial charge in [-0.1, -0.05) is 57.1 Å². The predicted molar refractivity (Wildman–Crippen MR) is 87.8 cm³/mol. The quantitative estimate of drug-likeness (QED) is 0.557. The third-order valence-corrected chi connectivity index (χ3v) is 5.54. The predicted octanol–water partition coefficient (Wildman–Crippen LogP) is 4.36. The molecule has 1 nitrogen and oxygen atoms in total. The van der Waals surface area contributed by atoms with Gasteiger partial charge in [-0.2, -0.15) is 0 Å². The van der Waals surface area contributed by atoms with Crippen LogP contribution in [0.1, 0.15) is 65.7 Å². The molecule has 0 amide bonds. The van der Waals surface area contributed by atoms with Gasteiger partial charge in [-0.25, -0.2) is 0 Å². The summed E-state index contributed by atoms with van der Waals surface area (Å²) in [6, 6.07) is 1.13. The zero-order valence-corrected chi connectivity index (χ0v) is 13.6. The number of hydrogen-bond acceptors (Lipinski definition) is 1. The van der Waals surface area contributed by atoms with E-state index in [-0.39, 0.29) is 0 Å². The number of likely N-dealkylation sites (tertiary alicyclic amines) is 1. The Hall–Kier alpha value is -0.0451. The van der Waals surface area contributed by atoms with Crippen LogP contribution in [0.2, 0.25) is 5.82 Å². The third kappa shape index (κ3) is 3.01. The monoisotopic (exact) mass is 277 g/mol. The first-order valence-electron chi connectivity index (χ1n) is 8.15. The molecule has 4 atom stereocenters. The highest BCUT2D eigenvalue weighted by Gasteiger charge is 2.47. The lowest BCUT2D eigenvalue weighted by Gasteiger charge is -2.36. The first kappa shape index (κ1) is 15.3. The van der Waals surface area contributed by atoms with E-state index >= 15 is 0 Å². The van der Waals surface area contributed by atoms with Crippen LogP contribution in [-0.4, -0.2) is 29.8 Å². The van der Waals surface area contributed by atoms with Gasteiger partial charge in [-0.05, 0) is 32.6 Å². The van der Waals surface area contributed by atoms with Gasteiger partial charge in [-0.15, -0.1) is 0 Å². The van der Waals surface area contributed by atoms with Gasteiger partial charge in [0.25, 0.3) is 0 Å². The Bertz CT molecular complexity index is 318. The van der Waals surface area contributed by atoms with E-state index in [0.29, 0.717) is 29.7 Å². The Morgan fingerprint density at radius 2 is 1.95 bits per heavy atom. The summed E-state index contributed by atoms with van der Waals surface area (Å²) in [4.78, 5) is 3.75. The maximum atomic E-state index is 6.55. The van der Waals surface area contributed by atoms with Crippen LogP contribution in [0.15, 0.2) is 0 Å². The standard InChI is InChI=1S/C16H28BNS/c1-4-8-12-15-13(17)9-6-5-7-10-14(15)18(11(2)3)16(12)19/h11-15H,4-10H2,1-3H3. The SMILES string of the molecule is [B]C1CCCCCC2C1C(CCC)C(=S)N2C(C)C. The van der Waals surface area contributed by atoms with Crippen molar-refractivity contribution in [2.24, 2.45) is 11.8 Å². The number of nitrogens with zero attached hydrogens (tertiary/aromatic N) is 1. The van der Waals surface area contributed by atoms with Crippen LogP contribution in [0.3, 0.4) is 0 Å². The Morgan fingerprint density at radius 3 is 2.58 bits per heavy atom. The zero-order chi connectivity index (χ0) is 14.0. The minimum atomic E-state index is 0.351. The molecule has 0 aromatic carbocycles. The lowest BCUT2D eigenvalue weighted by Crippen LogP contribution is -2.40. The van der Waals surface area contributed by atoms with E-state index in [0.717, 1.165) is 0 Å². The van der Waals surface area contributed by atoms with Crippen molar-refractivity contribution < 1.29 is 0 Å². The second-order valence-corrected chi connectivity index (χ2v) is 7.10. The summed E-state index contributed by atoms with van der Waals surface area (Å²) >= 11 is 5.83. The molecule has 106 valence electrons. The van der Waals surface area contributed by atoms with E-state index in [4.69, 9.17) is 20.1 Å². The van der Waals surface area contributed by atoms with Crippen LogP contribution in [0.4, 0.5) is 0 Å².